The van der Waals surface area contributed by atoms with Gasteiger partial charge in [0.05, 0.1) is 18.9 Å². The smallest absolute Gasteiger partial charge is 0.410 e. The van der Waals surface area contributed by atoms with Crippen molar-refractivity contribution >= 4 is 17.7 Å². The fourth-order valence-corrected chi connectivity index (χ4v) is 1.76. The highest BCUT2D eigenvalue weighted by molar-refractivity contribution is 6.12. The molecule has 1 unspecified atom stereocenters. The lowest BCUT2D eigenvalue weighted by Crippen LogP contribution is -2.40. The minimum Gasteiger partial charge on any atom is -0.461 e. The molecule has 0 radical (unpaired) electrons. The van der Waals surface area contributed by atoms with Gasteiger partial charge in [-0.3, -0.25) is 9.59 Å². The first-order valence-electron chi connectivity index (χ1n) is 7.01. The molecule has 23 heavy (non-hydrogen) atoms. The fourth-order valence-electron chi connectivity index (χ4n) is 1.76. The molecule has 1 aromatic heterocycles. The average molecular weight is 320 g/mol. The van der Waals surface area contributed by atoms with Crippen molar-refractivity contribution in [2.24, 2.45) is 5.92 Å². The van der Waals surface area contributed by atoms with E-state index in [1.165, 1.54) is 13.3 Å². The van der Waals surface area contributed by atoms with E-state index < -0.39 is 35.7 Å². The van der Waals surface area contributed by atoms with Crippen LogP contribution >= 0.6 is 0 Å². The van der Waals surface area contributed by atoms with E-state index in [0.717, 1.165) is 4.90 Å². The maximum Gasteiger partial charge on any atom is 0.410 e. The molecule has 0 aromatic carbocycles. The van der Waals surface area contributed by atoms with Crippen molar-refractivity contribution in [1.29, 1.82) is 5.26 Å². The maximum atomic E-state index is 12.2. The first-order chi connectivity index (χ1) is 10.6. The van der Waals surface area contributed by atoms with Gasteiger partial charge in [0.2, 0.25) is 5.78 Å². The van der Waals surface area contributed by atoms with Crippen LogP contribution < -0.4 is 0 Å². The van der Waals surface area contributed by atoms with Crippen molar-refractivity contribution < 1.29 is 23.5 Å². The summed E-state index contributed by atoms with van der Waals surface area (Å²) in [5.41, 5.74) is -0.159. The standard InChI is InChI=1S/C16H20N2O5/c1-10-6-7-22-14(10)13(20)11(8-17)12(19)9-18(5)15(21)23-16(2,3)4/h6-7,11H,9H2,1-5H3. The van der Waals surface area contributed by atoms with Crippen LogP contribution in [0.15, 0.2) is 16.7 Å². The molecule has 0 aliphatic rings. The van der Waals surface area contributed by atoms with Gasteiger partial charge in [-0.25, -0.2) is 4.79 Å². The van der Waals surface area contributed by atoms with Crippen LogP contribution in [0, 0.1) is 24.2 Å². The third-order valence-corrected chi connectivity index (χ3v) is 2.90. The van der Waals surface area contributed by atoms with E-state index in [-0.39, 0.29) is 5.76 Å². The zero-order valence-corrected chi connectivity index (χ0v) is 13.9. The lowest BCUT2D eigenvalue weighted by Gasteiger charge is -2.24. The Kier molecular flexibility index (Phi) is 5.68. The Morgan fingerprint density at radius 1 is 1.39 bits per heavy atom. The number of likely N-dealkylation sites (N-methyl/N-ethyl adjacent to an activating group) is 1. The van der Waals surface area contributed by atoms with Crippen molar-refractivity contribution in [3.63, 3.8) is 0 Å². The number of rotatable bonds is 5. The number of nitriles is 1. The molecular weight excluding hydrogens is 300 g/mol. The third-order valence-electron chi connectivity index (χ3n) is 2.90. The number of furan rings is 1. The van der Waals surface area contributed by atoms with Crippen molar-refractivity contribution in [3.8, 4) is 6.07 Å². The number of hydrogen-bond acceptors (Lipinski definition) is 6. The molecule has 0 saturated carbocycles. The molecule has 1 atom stereocenters. The van der Waals surface area contributed by atoms with E-state index in [0.29, 0.717) is 5.56 Å². The summed E-state index contributed by atoms with van der Waals surface area (Å²) in [6, 6.07) is 3.24. The topological polar surface area (TPSA) is 101 Å². The largest absolute Gasteiger partial charge is 0.461 e. The molecular formula is C16H20N2O5. The van der Waals surface area contributed by atoms with Gasteiger partial charge >= 0.3 is 6.09 Å². The molecule has 0 fully saturated rings. The van der Waals surface area contributed by atoms with Crippen LogP contribution in [0.2, 0.25) is 0 Å². The Morgan fingerprint density at radius 3 is 2.43 bits per heavy atom. The molecule has 0 aliphatic carbocycles. The number of carbonyl (C=O) groups excluding carboxylic acids is 3. The second kappa shape index (κ2) is 7.09. The van der Waals surface area contributed by atoms with E-state index in [1.807, 2.05) is 0 Å². The van der Waals surface area contributed by atoms with Gasteiger partial charge in [-0.2, -0.15) is 5.26 Å². The zero-order valence-electron chi connectivity index (χ0n) is 13.9. The molecule has 0 aliphatic heterocycles. The van der Waals surface area contributed by atoms with Gasteiger partial charge in [0.15, 0.2) is 17.5 Å². The first kappa shape index (κ1) is 18.4. The van der Waals surface area contributed by atoms with E-state index in [1.54, 1.807) is 39.8 Å². The molecule has 1 amide bonds. The SMILES string of the molecule is Cc1ccoc1C(=O)C(C#N)C(=O)CN(C)C(=O)OC(C)(C)C. The first-order valence-corrected chi connectivity index (χ1v) is 7.01. The summed E-state index contributed by atoms with van der Waals surface area (Å²) < 4.78 is 10.1. The Balaban J connectivity index is 2.79. The Morgan fingerprint density at radius 2 is 2.00 bits per heavy atom. The predicted octanol–water partition coefficient (Wildman–Crippen LogP) is 2.35. The molecule has 124 valence electrons. The lowest BCUT2D eigenvalue weighted by atomic mass is 9.97. The van der Waals surface area contributed by atoms with Gasteiger partial charge in [-0.15, -0.1) is 0 Å². The second-order valence-corrected chi connectivity index (χ2v) is 6.16. The third kappa shape index (κ3) is 4.95. The molecule has 0 spiro atoms. The highest BCUT2D eigenvalue weighted by atomic mass is 16.6. The highest BCUT2D eigenvalue weighted by Crippen LogP contribution is 2.16. The summed E-state index contributed by atoms with van der Waals surface area (Å²) >= 11 is 0. The molecule has 7 nitrogen and oxygen atoms in total. The number of ether oxygens (including phenoxy) is 1. The summed E-state index contributed by atoms with van der Waals surface area (Å²) in [5.74, 6) is -2.95. The maximum absolute atomic E-state index is 12.2. The van der Waals surface area contributed by atoms with Crippen molar-refractivity contribution in [3.05, 3.63) is 23.7 Å². The molecule has 7 heteroatoms. The minimum absolute atomic E-state index is 0.0233. The van der Waals surface area contributed by atoms with E-state index in [9.17, 15) is 14.4 Å². The molecule has 0 N–H and O–H groups in total. The van der Waals surface area contributed by atoms with Gasteiger partial charge in [0.1, 0.15) is 5.60 Å². The normalized spacial score (nSPS) is 12.2. The number of aryl methyl sites for hydroxylation is 1. The lowest BCUT2D eigenvalue weighted by molar-refractivity contribution is -0.121. The van der Waals surface area contributed by atoms with Crippen LogP contribution in [0.4, 0.5) is 4.79 Å². The van der Waals surface area contributed by atoms with Crippen LogP contribution in [0.1, 0.15) is 36.9 Å². The summed E-state index contributed by atoms with van der Waals surface area (Å²) in [6.07, 6.45) is 0.609. The Hall–Kier alpha value is -2.62. The quantitative estimate of drug-likeness (QED) is 0.609. The van der Waals surface area contributed by atoms with E-state index in [4.69, 9.17) is 14.4 Å². The van der Waals surface area contributed by atoms with Gasteiger partial charge in [0, 0.05) is 7.05 Å². The van der Waals surface area contributed by atoms with Crippen molar-refractivity contribution in [2.75, 3.05) is 13.6 Å². The van der Waals surface area contributed by atoms with Gasteiger partial charge in [-0.1, -0.05) is 0 Å². The molecule has 1 aromatic rings. The number of amides is 1. The van der Waals surface area contributed by atoms with Gasteiger partial charge < -0.3 is 14.1 Å². The van der Waals surface area contributed by atoms with Crippen LogP contribution in [0.25, 0.3) is 0 Å². The summed E-state index contributed by atoms with van der Waals surface area (Å²) in [4.78, 5) is 37.2. The number of nitrogens with zero attached hydrogens (tertiary/aromatic N) is 2. The fraction of sp³-hybridized carbons (Fsp3) is 0.500. The molecule has 1 heterocycles. The molecule has 1 rings (SSSR count). The molecule has 0 saturated heterocycles. The van der Waals surface area contributed by atoms with E-state index >= 15 is 0 Å². The number of hydrogen-bond donors (Lipinski definition) is 0. The van der Waals surface area contributed by atoms with Crippen molar-refractivity contribution in [2.45, 2.75) is 33.3 Å². The summed E-state index contributed by atoms with van der Waals surface area (Å²) in [7, 11) is 1.36. The summed E-state index contributed by atoms with van der Waals surface area (Å²) in [6.45, 7) is 6.33. The second-order valence-electron chi connectivity index (χ2n) is 6.16. The van der Waals surface area contributed by atoms with Crippen LogP contribution in [-0.4, -0.2) is 41.8 Å². The van der Waals surface area contributed by atoms with Gasteiger partial charge in [0.25, 0.3) is 0 Å². The summed E-state index contributed by atoms with van der Waals surface area (Å²) in [5, 5.41) is 9.13. The van der Waals surface area contributed by atoms with Gasteiger partial charge in [-0.05, 0) is 39.3 Å². The number of ketones is 2. The van der Waals surface area contributed by atoms with Crippen molar-refractivity contribution in [1.82, 2.24) is 4.90 Å². The van der Waals surface area contributed by atoms with Crippen LogP contribution in [-0.2, 0) is 9.53 Å². The zero-order chi connectivity index (χ0) is 17.8. The predicted molar refractivity (Wildman–Crippen MR) is 80.7 cm³/mol. The van der Waals surface area contributed by atoms with Crippen LogP contribution in [0.3, 0.4) is 0 Å². The molecule has 0 bridgehead atoms. The minimum atomic E-state index is -1.52. The average Bonchev–Trinajstić information content (AvgIpc) is 2.83. The highest BCUT2D eigenvalue weighted by Gasteiger charge is 2.32. The Labute approximate surface area is 134 Å². The monoisotopic (exact) mass is 320 g/mol. The number of Topliss-reactive ketones (excluding diaryl/α,β-unsaturated/α-hetero) is 2. The Bertz CT molecular complexity index is 648. The number of carbonyl (C=O) groups is 3. The van der Waals surface area contributed by atoms with Crippen LogP contribution in [0.5, 0.6) is 0 Å². The van der Waals surface area contributed by atoms with E-state index in [2.05, 4.69) is 0 Å².